The summed E-state index contributed by atoms with van der Waals surface area (Å²) < 4.78 is 5.31. The zero-order chi connectivity index (χ0) is 12.8. The first-order chi connectivity index (χ1) is 8.79. The summed E-state index contributed by atoms with van der Waals surface area (Å²) >= 11 is 0. The van der Waals surface area contributed by atoms with Gasteiger partial charge in [0.05, 0.1) is 7.11 Å². The molecule has 1 aromatic carbocycles. The van der Waals surface area contributed by atoms with E-state index < -0.39 is 0 Å². The van der Waals surface area contributed by atoms with Gasteiger partial charge in [-0.05, 0) is 25.0 Å². The molecule has 1 N–H and O–H groups in total. The van der Waals surface area contributed by atoms with Crippen LogP contribution in [0.5, 0.6) is 5.75 Å². The monoisotopic (exact) mass is 243 g/mol. The van der Waals surface area contributed by atoms with Crippen LogP contribution in [0.1, 0.15) is 11.3 Å². The molecule has 1 aromatic heterocycles. The molecule has 4 heteroatoms. The molecule has 0 bridgehead atoms. The molecule has 2 aromatic rings. The molecule has 4 nitrogen and oxygen atoms in total. The van der Waals surface area contributed by atoms with E-state index in [4.69, 9.17) is 4.74 Å². The van der Waals surface area contributed by atoms with Crippen molar-refractivity contribution in [2.75, 3.05) is 19.0 Å². The summed E-state index contributed by atoms with van der Waals surface area (Å²) in [6.07, 6.45) is 2.47. The smallest absolute Gasteiger partial charge is 0.129 e. The summed E-state index contributed by atoms with van der Waals surface area (Å²) in [6.45, 7) is 2.77. The van der Waals surface area contributed by atoms with E-state index in [1.165, 1.54) is 5.56 Å². The second kappa shape index (κ2) is 6.00. The lowest BCUT2D eigenvalue weighted by molar-refractivity contribution is 0.410. The average Bonchev–Trinajstić information content (AvgIpc) is 2.39. The van der Waals surface area contributed by atoms with Gasteiger partial charge in [0.25, 0.3) is 0 Å². The van der Waals surface area contributed by atoms with Crippen molar-refractivity contribution in [2.24, 2.45) is 0 Å². The molecule has 0 aliphatic heterocycles. The largest absolute Gasteiger partial charge is 0.496 e. The fourth-order valence-corrected chi connectivity index (χ4v) is 1.79. The van der Waals surface area contributed by atoms with Gasteiger partial charge in [0.15, 0.2) is 0 Å². The molecular weight excluding hydrogens is 226 g/mol. The summed E-state index contributed by atoms with van der Waals surface area (Å²) in [4.78, 5) is 8.22. The first kappa shape index (κ1) is 12.4. The minimum atomic E-state index is 0.816. The van der Waals surface area contributed by atoms with Crippen molar-refractivity contribution in [3.8, 4) is 5.75 Å². The predicted molar refractivity (Wildman–Crippen MR) is 72.0 cm³/mol. The van der Waals surface area contributed by atoms with Crippen LogP contribution in [0.4, 0.5) is 5.82 Å². The number of aromatic nitrogens is 2. The van der Waals surface area contributed by atoms with Crippen molar-refractivity contribution in [3.05, 3.63) is 47.9 Å². The molecule has 0 aliphatic carbocycles. The number of aryl methyl sites for hydroxylation is 1. The molecule has 0 amide bonds. The average molecular weight is 243 g/mol. The number of benzene rings is 1. The Labute approximate surface area is 107 Å². The number of ether oxygens (including phenoxy) is 1. The standard InChI is InChI=1S/C14H17N3O/c1-11-9-14(17-10-16-11)15-8-7-12-5-3-4-6-13(12)18-2/h3-6,9-10H,7-8H2,1-2H3,(H,15,16,17). The van der Waals surface area contributed by atoms with Crippen LogP contribution in [0.25, 0.3) is 0 Å². The topological polar surface area (TPSA) is 47.0 Å². The van der Waals surface area contributed by atoms with Gasteiger partial charge in [-0.25, -0.2) is 9.97 Å². The molecule has 94 valence electrons. The normalized spacial score (nSPS) is 10.1. The van der Waals surface area contributed by atoms with Gasteiger partial charge in [0.1, 0.15) is 17.9 Å². The molecule has 0 radical (unpaired) electrons. The molecule has 2 rings (SSSR count). The highest BCUT2D eigenvalue weighted by Gasteiger charge is 2.01. The maximum atomic E-state index is 5.31. The number of methoxy groups -OCH3 is 1. The Morgan fingerprint density at radius 2 is 2.06 bits per heavy atom. The first-order valence-corrected chi connectivity index (χ1v) is 5.94. The van der Waals surface area contributed by atoms with Gasteiger partial charge in [-0.2, -0.15) is 0 Å². The van der Waals surface area contributed by atoms with Crippen molar-refractivity contribution in [1.29, 1.82) is 0 Å². The van der Waals surface area contributed by atoms with Gasteiger partial charge in [-0.15, -0.1) is 0 Å². The molecule has 0 saturated carbocycles. The number of anilines is 1. The van der Waals surface area contributed by atoms with E-state index >= 15 is 0 Å². The maximum Gasteiger partial charge on any atom is 0.129 e. The molecule has 0 fully saturated rings. The van der Waals surface area contributed by atoms with Crippen molar-refractivity contribution >= 4 is 5.82 Å². The SMILES string of the molecule is COc1ccccc1CCNc1cc(C)ncn1. The summed E-state index contributed by atoms with van der Waals surface area (Å²) in [5, 5.41) is 3.28. The number of nitrogens with zero attached hydrogens (tertiary/aromatic N) is 2. The molecule has 0 aliphatic rings. The Morgan fingerprint density at radius 1 is 1.22 bits per heavy atom. The lowest BCUT2D eigenvalue weighted by Gasteiger charge is -2.09. The van der Waals surface area contributed by atoms with Crippen LogP contribution in [0.15, 0.2) is 36.7 Å². The van der Waals surface area contributed by atoms with Crippen molar-refractivity contribution in [3.63, 3.8) is 0 Å². The van der Waals surface area contributed by atoms with Crippen LogP contribution < -0.4 is 10.1 Å². The molecule has 1 heterocycles. The molecular formula is C14H17N3O. The number of hydrogen-bond donors (Lipinski definition) is 1. The number of nitrogens with one attached hydrogen (secondary N) is 1. The third kappa shape index (κ3) is 3.20. The minimum Gasteiger partial charge on any atom is -0.496 e. The van der Waals surface area contributed by atoms with Crippen molar-refractivity contribution in [2.45, 2.75) is 13.3 Å². The quantitative estimate of drug-likeness (QED) is 0.876. The second-order valence-electron chi connectivity index (χ2n) is 4.03. The Bertz CT molecular complexity index is 514. The highest BCUT2D eigenvalue weighted by molar-refractivity contribution is 5.37. The van der Waals surface area contributed by atoms with Crippen LogP contribution in [0, 0.1) is 6.92 Å². The van der Waals surface area contributed by atoms with Crippen LogP contribution in [-0.4, -0.2) is 23.6 Å². The third-order valence-electron chi connectivity index (χ3n) is 2.70. The molecule has 0 atom stereocenters. The van der Waals surface area contributed by atoms with Crippen molar-refractivity contribution in [1.82, 2.24) is 9.97 Å². The highest BCUT2D eigenvalue weighted by Crippen LogP contribution is 2.17. The van der Waals surface area contributed by atoms with Gasteiger partial charge in [-0.3, -0.25) is 0 Å². The number of hydrogen-bond acceptors (Lipinski definition) is 4. The Hall–Kier alpha value is -2.10. The number of rotatable bonds is 5. The first-order valence-electron chi connectivity index (χ1n) is 5.94. The van der Waals surface area contributed by atoms with Gasteiger partial charge < -0.3 is 10.1 Å². The lowest BCUT2D eigenvalue weighted by Crippen LogP contribution is -2.07. The minimum absolute atomic E-state index is 0.816. The van der Waals surface area contributed by atoms with E-state index in [1.807, 2.05) is 31.2 Å². The molecule has 0 unspecified atom stereocenters. The van der Waals surface area contributed by atoms with E-state index in [1.54, 1.807) is 13.4 Å². The van der Waals surface area contributed by atoms with Crippen LogP contribution in [-0.2, 0) is 6.42 Å². The van der Waals surface area contributed by atoms with Gasteiger partial charge in [0.2, 0.25) is 0 Å². The lowest BCUT2D eigenvalue weighted by atomic mass is 10.1. The fourth-order valence-electron chi connectivity index (χ4n) is 1.79. The predicted octanol–water partition coefficient (Wildman–Crippen LogP) is 2.45. The Morgan fingerprint density at radius 3 is 2.83 bits per heavy atom. The van der Waals surface area contributed by atoms with Gasteiger partial charge >= 0.3 is 0 Å². The molecule has 18 heavy (non-hydrogen) atoms. The van der Waals surface area contributed by atoms with E-state index in [2.05, 4.69) is 21.4 Å². The summed E-state index contributed by atoms with van der Waals surface area (Å²) in [6, 6.07) is 9.98. The second-order valence-corrected chi connectivity index (χ2v) is 4.03. The maximum absolute atomic E-state index is 5.31. The Balaban J connectivity index is 1.92. The summed E-state index contributed by atoms with van der Waals surface area (Å²) in [7, 11) is 1.69. The van der Waals surface area contributed by atoms with Gasteiger partial charge in [0, 0.05) is 18.3 Å². The Kier molecular flexibility index (Phi) is 4.12. The van der Waals surface area contributed by atoms with Crippen LogP contribution in [0.2, 0.25) is 0 Å². The zero-order valence-corrected chi connectivity index (χ0v) is 10.7. The van der Waals surface area contributed by atoms with E-state index in [0.717, 1.165) is 30.2 Å². The summed E-state index contributed by atoms with van der Waals surface area (Å²) in [5.41, 5.74) is 2.16. The van der Waals surface area contributed by atoms with Crippen LogP contribution in [0.3, 0.4) is 0 Å². The fraction of sp³-hybridized carbons (Fsp3) is 0.286. The molecule has 0 spiro atoms. The van der Waals surface area contributed by atoms with E-state index in [0.29, 0.717) is 0 Å². The van der Waals surface area contributed by atoms with E-state index in [-0.39, 0.29) is 0 Å². The van der Waals surface area contributed by atoms with E-state index in [9.17, 15) is 0 Å². The summed E-state index contributed by atoms with van der Waals surface area (Å²) in [5.74, 6) is 1.79. The molecule has 0 saturated heterocycles. The van der Waals surface area contributed by atoms with Crippen LogP contribution >= 0.6 is 0 Å². The third-order valence-corrected chi connectivity index (χ3v) is 2.70. The zero-order valence-electron chi connectivity index (χ0n) is 10.7. The number of para-hydroxylation sites is 1. The highest BCUT2D eigenvalue weighted by atomic mass is 16.5. The van der Waals surface area contributed by atoms with Crippen molar-refractivity contribution < 1.29 is 4.74 Å². The van der Waals surface area contributed by atoms with Gasteiger partial charge in [-0.1, -0.05) is 18.2 Å².